The van der Waals surface area contributed by atoms with Gasteiger partial charge in [-0.2, -0.15) is 0 Å². The predicted octanol–water partition coefficient (Wildman–Crippen LogP) is 4.05. The zero-order chi connectivity index (χ0) is 14.8. The monoisotopic (exact) mass is 285 g/mol. The number of rotatable bonds is 3. The summed E-state index contributed by atoms with van der Waals surface area (Å²) >= 11 is 0. The average Bonchev–Trinajstić information content (AvgIpc) is 3.09. The molecule has 0 radical (unpaired) electrons. The third kappa shape index (κ3) is 2.81. The molecule has 3 rings (SSSR count). The molecule has 1 heterocycles. The van der Waals surface area contributed by atoms with Crippen LogP contribution in [-0.4, -0.2) is 9.55 Å². The first kappa shape index (κ1) is 14.5. The Balaban J connectivity index is 1.93. The van der Waals surface area contributed by atoms with E-state index in [0.29, 0.717) is 18.4 Å². The topological polar surface area (TPSA) is 43.8 Å². The van der Waals surface area contributed by atoms with E-state index in [0.717, 1.165) is 23.3 Å². The number of anilines is 1. The van der Waals surface area contributed by atoms with Gasteiger partial charge in [-0.25, -0.2) is 4.98 Å². The molecule has 2 aliphatic carbocycles. The minimum absolute atomic E-state index is 0.535. The second kappa shape index (κ2) is 6.13. The Morgan fingerprint density at radius 3 is 2.57 bits per heavy atom. The van der Waals surface area contributed by atoms with Gasteiger partial charge in [-0.15, -0.1) is 6.42 Å². The summed E-state index contributed by atoms with van der Waals surface area (Å²) in [6.07, 6.45) is 15.7. The molecule has 2 unspecified atom stereocenters. The van der Waals surface area contributed by atoms with Gasteiger partial charge in [-0.3, -0.25) is 0 Å². The predicted molar refractivity (Wildman–Crippen MR) is 87.1 cm³/mol. The lowest BCUT2D eigenvalue weighted by Gasteiger charge is -2.25. The number of hydrogen-bond donors (Lipinski definition) is 1. The third-order valence-electron chi connectivity index (χ3n) is 5.36. The van der Waals surface area contributed by atoms with Gasteiger partial charge in [0.05, 0.1) is 12.2 Å². The number of nitrogens with two attached hydrogens (primary N) is 1. The van der Waals surface area contributed by atoms with Gasteiger partial charge in [0.2, 0.25) is 0 Å². The quantitative estimate of drug-likeness (QED) is 0.851. The molecule has 0 bridgehead atoms. The SMILES string of the molecule is C#CCn1c(C2CCCC2)nc(C2CCCC(C)C2)c1N. The molecule has 0 aliphatic heterocycles. The van der Waals surface area contributed by atoms with Crippen molar-refractivity contribution >= 4 is 5.82 Å². The molecular formula is C18H27N3. The minimum Gasteiger partial charge on any atom is -0.384 e. The summed E-state index contributed by atoms with van der Waals surface area (Å²) in [6.45, 7) is 2.91. The second-order valence-corrected chi connectivity index (χ2v) is 6.98. The lowest BCUT2D eigenvalue weighted by atomic mass is 9.81. The molecule has 0 amide bonds. The van der Waals surface area contributed by atoms with E-state index in [1.165, 1.54) is 51.4 Å². The Morgan fingerprint density at radius 1 is 1.19 bits per heavy atom. The zero-order valence-electron chi connectivity index (χ0n) is 13.1. The van der Waals surface area contributed by atoms with Gasteiger partial charge >= 0.3 is 0 Å². The van der Waals surface area contributed by atoms with Gasteiger partial charge < -0.3 is 10.3 Å². The van der Waals surface area contributed by atoms with E-state index in [-0.39, 0.29) is 0 Å². The highest BCUT2D eigenvalue weighted by molar-refractivity contribution is 5.42. The Bertz CT molecular complexity index is 531. The summed E-state index contributed by atoms with van der Waals surface area (Å²) < 4.78 is 2.12. The van der Waals surface area contributed by atoms with Crippen LogP contribution < -0.4 is 5.73 Å². The maximum Gasteiger partial charge on any atom is 0.127 e. The van der Waals surface area contributed by atoms with Gasteiger partial charge in [0.1, 0.15) is 11.6 Å². The highest BCUT2D eigenvalue weighted by Gasteiger charge is 2.30. The molecule has 114 valence electrons. The largest absolute Gasteiger partial charge is 0.384 e. The van der Waals surface area contributed by atoms with E-state index in [9.17, 15) is 0 Å². The van der Waals surface area contributed by atoms with Crippen molar-refractivity contribution in [3.8, 4) is 12.3 Å². The summed E-state index contributed by atoms with van der Waals surface area (Å²) in [4.78, 5) is 5.01. The zero-order valence-corrected chi connectivity index (χ0v) is 13.1. The standard InChI is InChI=1S/C18H27N3/c1-3-11-21-17(19)16(15-10-6-7-13(2)12-15)20-18(21)14-8-4-5-9-14/h1,13-15H,4-12,19H2,2H3. The van der Waals surface area contributed by atoms with Crippen LogP contribution in [0.5, 0.6) is 0 Å². The smallest absolute Gasteiger partial charge is 0.127 e. The fourth-order valence-corrected chi connectivity index (χ4v) is 4.24. The number of nitrogen functional groups attached to an aromatic ring is 1. The average molecular weight is 285 g/mol. The van der Waals surface area contributed by atoms with Crippen LogP contribution in [0.3, 0.4) is 0 Å². The molecule has 1 aromatic rings. The van der Waals surface area contributed by atoms with Crippen LogP contribution in [-0.2, 0) is 6.54 Å². The molecule has 3 nitrogen and oxygen atoms in total. The van der Waals surface area contributed by atoms with Crippen LogP contribution in [0.1, 0.15) is 81.6 Å². The summed E-state index contributed by atoms with van der Waals surface area (Å²) in [5.41, 5.74) is 7.58. The molecule has 3 heteroatoms. The van der Waals surface area contributed by atoms with Crippen molar-refractivity contribution in [2.75, 3.05) is 5.73 Å². The van der Waals surface area contributed by atoms with E-state index in [4.69, 9.17) is 17.1 Å². The Hall–Kier alpha value is -1.43. The lowest BCUT2D eigenvalue weighted by Crippen LogP contribution is -2.14. The maximum absolute atomic E-state index is 6.44. The van der Waals surface area contributed by atoms with Gasteiger partial charge in [0.15, 0.2) is 0 Å². The Kier molecular flexibility index (Phi) is 4.24. The van der Waals surface area contributed by atoms with Crippen LogP contribution in [0.25, 0.3) is 0 Å². The molecule has 2 atom stereocenters. The minimum atomic E-state index is 0.535. The van der Waals surface area contributed by atoms with Crippen molar-refractivity contribution in [2.45, 2.75) is 76.7 Å². The summed E-state index contributed by atoms with van der Waals surface area (Å²) in [6, 6.07) is 0. The Labute approximate surface area is 128 Å². The van der Waals surface area contributed by atoms with Crippen molar-refractivity contribution in [1.82, 2.24) is 9.55 Å². The number of aromatic nitrogens is 2. The van der Waals surface area contributed by atoms with Gasteiger partial charge in [-0.1, -0.05) is 38.5 Å². The first-order valence-corrected chi connectivity index (χ1v) is 8.50. The maximum atomic E-state index is 6.44. The van der Waals surface area contributed by atoms with E-state index >= 15 is 0 Å². The van der Waals surface area contributed by atoms with Crippen LogP contribution >= 0.6 is 0 Å². The fraction of sp³-hybridized carbons (Fsp3) is 0.722. The molecule has 0 saturated heterocycles. The summed E-state index contributed by atoms with van der Waals surface area (Å²) in [7, 11) is 0. The molecule has 1 aromatic heterocycles. The van der Waals surface area contributed by atoms with E-state index in [2.05, 4.69) is 17.4 Å². The van der Waals surface area contributed by atoms with Crippen LogP contribution in [0.4, 0.5) is 5.82 Å². The van der Waals surface area contributed by atoms with Crippen molar-refractivity contribution in [3.63, 3.8) is 0 Å². The highest BCUT2D eigenvalue weighted by Crippen LogP contribution is 2.41. The number of hydrogen-bond acceptors (Lipinski definition) is 2. The van der Waals surface area contributed by atoms with E-state index in [1.807, 2.05) is 0 Å². The summed E-state index contributed by atoms with van der Waals surface area (Å²) in [5, 5.41) is 0. The molecule has 2 N–H and O–H groups in total. The first-order chi connectivity index (χ1) is 10.2. The second-order valence-electron chi connectivity index (χ2n) is 6.98. The van der Waals surface area contributed by atoms with Crippen molar-refractivity contribution < 1.29 is 0 Å². The van der Waals surface area contributed by atoms with Crippen LogP contribution in [0, 0.1) is 18.3 Å². The molecule has 21 heavy (non-hydrogen) atoms. The molecule has 2 aliphatic rings. The lowest BCUT2D eigenvalue weighted by molar-refractivity contribution is 0.341. The van der Waals surface area contributed by atoms with Crippen molar-refractivity contribution in [1.29, 1.82) is 0 Å². The van der Waals surface area contributed by atoms with E-state index < -0.39 is 0 Å². The van der Waals surface area contributed by atoms with Gasteiger partial charge in [-0.05, 0) is 31.6 Å². The highest BCUT2D eigenvalue weighted by atomic mass is 15.1. The van der Waals surface area contributed by atoms with Gasteiger partial charge in [0, 0.05) is 11.8 Å². The number of terminal acetylenes is 1. The normalized spacial score (nSPS) is 26.9. The molecule has 0 spiro atoms. The molecule has 0 aromatic carbocycles. The van der Waals surface area contributed by atoms with Crippen molar-refractivity contribution in [3.05, 3.63) is 11.5 Å². The van der Waals surface area contributed by atoms with E-state index in [1.54, 1.807) is 0 Å². The Morgan fingerprint density at radius 2 is 1.90 bits per heavy atom. The third-order valence-corrected chi connectivity index (χ3v) is 5.36. The number of nitrogens with zero attached hydrogens (tertiary/aromatic N) is 2. The molecule has 2 fully saturated rings. The molecule has 2 saturated carbocycles. The van der Waals surface area contributed by atoms with Gasteiger partial charge in [0.25, 0.3) is 0 Å². The fourth-order valence-electron chi connectivity index (χ4n) is 4.24. The molecular weight excluding hydrogens is 258 g/mol. The summed E-state index contributed by atoms with van der Waals surface area (Å²) in [5.74, 6) is 6.65. The van der Waals surface area contributed by atoms with Crippen LogP contribution in [0.15, 0.2) is 0 Å². The first-order valence-electron chi connectivity index (χ1n) is 8.50. The number of imidazole rings is 1. The van der Waals surface area contributed by atoms with Crippen molar-refractivity contribution in [2.24, 2.45) is 5.92 Å². The van der Waals surface area contributed by atoms with Crippen LogP contribution in [0.2, 0.25) is 0 Å².